The van der Waals surface area contributed by atoms with Crippen molar-refractivity contribution in [3.05, 3.63) is 120 Å². The summed E-state index contributed by atoms with van der Waals surface area (Å²) in [5.41, 5.74) is 7.93. The minimum absolute atomic E-state index is 0.806. The zero-order valence-electron chi connectivity index (χ0n) is 20.1. The highest BCUT2D eigenvalue weighted by molar-refractivity contribution is 6.08. The van der Waals surface area contributed by atoms with Crippen LogP contribution in [0, 0.1) is 6.92 Å². The SMILES string of the molecule is C=C(/C=C\C(=N/C)c1cncnc1)CCc1cccc(C(=C)N/C(C)=N/c2ccccc2C)c1. The standard InChI is InChI=1S/C29H31N5/c1-21(14-16-29(30-5)27-18-31-20-32-19-27)13-15-25-10-8-11-26(17-25)23(3)33-24(4)34-28-12-7-6-9-22(28)2/h6-12,14,16-20H,1,3,13,15H2,2,4-5H3,(H,33,34)/b16-14-,30-29+. The largest absolute Gasteiger partial charge is 0.344 e. The summed E-state index contributed by atoms with van der Waals surface area (Å²) < 4.78 is 0. The molecule has 5 nitrogen and oxygen atoms in total. The first kappa shape index (κ1) is 24.5. The zero-order chi connectivity index (χ0) is 24.3. The normalized spacial score (nSPS) is 12.1. The molecular formula is C29H31N5. The lowest BCUT2D eigenvalue weighted by Crippen LogP contribution is -2.17. The van der Waals surface area contributed by atoms with E-state index in [2.05, 4.69) is 75.7 Å². The van der Waals surface area contributed by atoms with Crippen molar-refractivity contribution in [2.75, 3.05) is 7.05 Å². The Morgan fingerprint density at radius 3 is 2.50 bits per heavy atom. The van der Waals surface area contributed by atoms with Crippen molar-refractivity contribution in [3.63, 3.8) is 0 Å². The number of hydrogen-bond acceptors (Lipinski definition) is 4. The molecule has 1 N–H and O–H groups in total. The molecule has 0 spiro atoms. The Morgan fingerprint density at radius 2 is 1.76 bits per heavy atom. The number of benzene rings is 2. The maximum atomic E-state index is 4.68. The molecule has 172 valence electrons. The number of aryl methyl sites for hydroxylation is 2. The Bertz CT molecular complexity index is 1240. The van der Waals surface area contributed by atoms with Gasteiger partial charge in [-0.05, 0) is 61.6 Å². The van der Waals surface area contributed by atoms with Gasteiger partial charge in [-0.2, -0.15) is 0 Å². The molecule has 3 aromatic rings. The Kier molecular flexibility index (Phi) is 8.81. The summed E-state index contributed by atoms with van der Waals surface area (Å²) in [5, 5.41) is 3.32. The second kappa shape index (κ2) is 12.2. The molecule has 0 bridgehead atoms. The second-order valence-electron chi connectivity index (χ2n) is 8.02. The van der Waals surface area contributed by atoms with Crippen molar-refractivity contribution < 1.29 is 0 Å². The fourth-order valence-corrected chi connectivity index (χ4v) is 3.42. The molecular weight excluding hydrogens is 418 g/mol. The number of hydrogen-bond donors (Lipinski definition) is 1. The fourth-order valence-electron chi connectivity index (χ4n) is 3.42. The zero-order valence-corrected chi connectivity index (χ0v) is 20.1. The maximum absolute atomic E-state index is 4.68. The molecule has 0 radical (unpaired) electrons. The summed E-state index contributed by atoms with van der Waals surface area (Å²) in [6, 6.07) is 16.5. The molecule has 0 saturated heterocycles. The van der Waals surface area contributed by atoms with E-state index in [9.17, 15) is 0 Å². The average Bonchev–Trinajstić information content (AvgIpc) is 2.85. The van der Waals surface area contributed by atoms with Gasteiger partial charge in [0, 0.05) is 30.7 Å². The van der Waals surface area contributed by atoms with Gasteiger partial charge in [0.1, 0.15) is 12.2 Å². The summed E-state index contributed by atoms with van der Waals surface area (Å²) in [6.45, 7) is 12.4. The Labute approximate surface area is 202 Å². The molecule has 0 fully saturated rings. The first-order chi connectivity index (χ1) is 16.5. The van der Waals surface area contributed by atoms with Crippen LogP contribution in [0.1, 0.15) is 35.6 Å². The summed E-state index contributed by atoms with van der Waals surface area (Å²) in [6.07, 6.45) is 10.7. The molecule has 3 rings (SSSR count). The number of para-hydroxylation sites is 1. The number of nitrogens with one attached hydrogen (secondary N) is 1. The van der Waals surface area contributed by atoms with Crippen LogP contribution in [0.2, 0.25) is 0 Å². The predicted molar refractivity (Wildman–Crippen MR) is 144 cm³/mol. The Morgan fingerprint density at radius 1 is 1.00 bits per heavy atom. The van der Waals surface area contributed by atoms with Gasteiger partial charge in [0.25, 0.3) is 0 Å². The molecule has 34 heavy (non-hydrogen) atoms. The number of aromatic nitrogens is 2. The highest BCUT2D eigenvalue weighted by Crippen LogP contribution is 2.19. The van der Waals surface area contributed by atoms with E-state index in [0.717, 1.165) is 58.0 Å². The van der Waals surface area contributed by atoms with Crippen LogP contribution in [-0.4, -0.2) is 28.6 Å². The topological polar surface area (TPSA) is 62.5 Å². The van der Waals surface area contributed by atoms with E-state index in [-0.39, 0.29) is 0 Å². The lowest BCUT2D eigenvalue weighted by Gasteiger charge is -2.12. The van der Waals surface area contributed by atoms with Crippen LogP contribution in [0.25, 0.3) is 5.70 Å². The third-order valence-corrected chi connectivity index (χ3v) is 5.32. The molecule has 0 aliphatic carbocycles. The van der Waals surface area contributed by atoms with E-state index < -0.39 is 0 Å². The number of amidine groups is 1. The van der Waals surface area contributed by atoms with Crippen molar-refractivity contribution in [2.24, 2.45) is 9.98 Å². The van der Waals surface area contributed by atoms with Crippen LogP contribution in [0.15, 0.2) is 108 Å². The molecule has 0 unspecified atom stereocenters. The van der Waals surface area contributed by atoms with Gasteiger partial charge in [0.15, 0.2) is 0 Å². The molecule has 1 aromatic heterocycles. The first-order valence-electron chi connectivity index (χ1n) is 11.2. The van der Waals surface area contributed by atoms with Gasteiger partial charge in [-0.3, -0.25) is 4.99 Å². The molecule has 1 heterocycles. The van der Waals surface area contributed by atoms with Crippen molar-refractivity contribution in [1.82, 2.24) is 15.3 Å². The Hall–Kier alpha value is -4.12. The van der Waals surface area contributed by atoms with E-state index in [4.69, 9.17) is 0 Å². The van der Waals surface area contributed by atoms with Gasteiger partial charge in [0.2, 0.25) is 0 Å². The predicted octanol–water partition coefficient (Wildman–Crippen LogP) is 6.26. The van der Waals surface area contributed by atoms with Crippen LogP contribution in [0.5, 0.6) is 0 Å². The van der Waals surface area contributed by atoms with Gasteiger partial charge >= 0.3 is 0 Å². The third kappa shape index (κ3) is 7.20. The van der Waals surface area contributed by atoms with Crippen LogP contribution in [0.4, 0.5) is 5.69 Å². The molecule has 0 saturated carbocycles. The van der Waals surface area contributed by atoms with E-state index in [1.165, 1.54) is 11.9 Å². The second-order valence-corrected chi connectivity index (χ2v) is 8.02. The molecule has 0 aliphatic heterocycles. The summed E-state index contributed by atoms with van der Waals surface area (Å²) in [5.74, 6) is 0.806. The van der Waals surface area contributed by atoms with E-state index >= 15 is 0 Å². The van der Waals surface area contributed by atoms with Gasteiger partial charge in [-0.15, -0.1) is 0 Å². The first-order valence-corrected chi connectivity index (χ1v) is 11.2. The smallest absolute Gasteiger partial charge is 0.115 e. The third-order valence-electron chi connectivity index (χ3n) is 5.32. The lowest BCUT2D eigenvalue weighted by molar-refractivity contribution is 0.968. The highest BCUT2D eigenvalue weighted by atomic mass is 15.0. The van der Waals surface area contributed by atoms with Gasteiger partial charge in [0.05, 0.1) is 11.4 Å². The van der Waals surface area contributed by atoms with Crippen LogP contribution < -0.4 is 5.32 Å². The molecule has 2 aromatic carbocycles. The number of rotatable bonds is 9. The summed E-state index contributed by atoms with van der Waals surface area (Å²) >= 11 is 0. The molecule has 0 amide bonds. The van der Waals surface area contributed by atoms with Gasteiger partial charge in [-0.25, -0.2) is 15.0 Å². The summed E-state index contributed by atoms with van der Waals surface area (Å²) in [4.78, 5) is 17.1. The minimum Gasteiger partial charge on any atom is -0.344 e. The number of nitrogens with zero attached hydrogens (tertiary/aromatic N) is 4. The van der Waals surface area contributed by atoms with Crippen molar-refractivity contribution >= 4 is 22.9 Å². The van der Waals surface area contributed by atoms with Crippen LogP contribution >= 0.6 is 0 Å². The number of aliphatic imine (C=N–C) groups is 2. The lowest BCUT2D eigenvalue weighted by atomic mass is 10.0. The molecule has 5 heteroatoms. The molecule has 0 atom stereocenters. The van der Waals surface area contributed by atoms with E-state index in [1.807, 2.05) is 37.3 Å². The van der Waals surface area contributed by atoms with E-state index in [0.29, 0.717) is 0 Å². The van der Waals surface area contributed by atoms with Crippen molar-refractivity contribution in [3.8, 4) is 0 Å². The Balaban J connectivity index is 1.58. The van der Waals surface area contributed by atoms with Crippen molar-refractivity contribution in [1.29, 1.82) is 0 Å². The quantitative estimate of drug-likeness (QED) is 0.238. The number of allylic oxidation sites excluding steroid dienone is 3. The van der Waals surface area contributed by atoms with E-state index in [1.54, 1.807) is 19.4 Å². The summed E-state index contributed by atoms with van der Waals surface area (Å²) in [7, 11) is 1.76. The monoisotopic (exact) mass is 449 g/mol. The van der Waals surface area contributed by atoms with Crippen LogP contribution in [0.3, 0.4) is 0 Å². The van der Waals surface area contributed by atoms with Gasteiger partial charge in [-0.1, -0.05) is 61.2 Å². The van der Waals surface area contributed by atoms with Crippen molar-refractivity contribution in [2.45, 2.75) is 26.7 Å². The molecule has 0 aliphatic rings. The van der Waals surface area contributed by atoms with Crippen LogP contribution in [-0.2, 0) is 6.42 Å². The highest BCUT2D eigenvalue weighted by Gasteiger charge is 2.04. The minimum atomic E-state index is 0.806. The maximum Gasteiger partial charge on any atom is 0.115 e. The van der Waals surface area contributed by atoms with Gasteiger partial charge < -0.3 is 5.32 Å². The average molecular weight is 450 g/mol. The fraction of sp³-hybridized carbons (Fsp3) is 0.172.